The first kappa shape index (κ1) is 22.9. The second kappa shape index (κ2) is 9.33. The van der Waals surface area contributed by atoms with Crippen LogP contribution < -0.4 is 9.04 Å². The van der Waals surface area contributed by atoms with Crippen LogP contribution in [-0.2, 0) is 21.2 Å². The van der Waals surface area contributed by atoms with E-state index >= 15 is 0 Å². The number of carbonyl (C=O) groups is 1. The Morgan fingerprint density at radius 1 is 1.09 bits per heavy atom. The van der Waals surface area contributed by atoms with Crippen LogP contribution in [0.1, 0.15) is 30.0 Å². The van der Waals surface area contributed by atoms with E-state index < -0.39 is 28.6 Å². The van der Waals surface area contributed by atoms with Gasteiger partial charge in [0.05, 0.1) is 21.6 Å². The number of halogens is 1. The van der Waals surface area contributed by atoms with Crippen molar-refractivity contribution in [3.8, 4) is 11.5 Å². The molecule has 7 nitrogen and oxygen atoms in total. The van der Waals surface area contributed by atoms with Gasteiger partial charge < -0.3 is 14.9 Å². The average Bonchev–Trinajstić information content (AvgIpc) is 2.80. The number of hydrogen-bond acceptors (Lipinski definition) is 5. The zero-order valence-corrected chi connectivity index (χ0v) is 19.1. The second-order valence-corrected chi connectivity index (χ2v) is 9.89. The number of rotatable bonds is 7. The molecule has 1 aliphatic carbocycles. The highest BCUT2D eigenvalue weighted by molar-refractivity contribution is 7.92. The number of ether oxygens (including phenoxy) is 1. The molecule has 3 aromatic rings. The quantitative estimate of drug-likeness (QED) is 0.497. The molecule has 0 amide bonds. The number of carboxylic acids is 1. The van der Waals surface area contributed by atoms with Crippen LogP contribution in [0, 0.1) is 0 Å². The Balaban J connectivity index is 1.87. The first-order valence-electron chi connectivity index (χ1n) is 10.3. The number of anilines is 1. The van der Waals surface area contributed by atoms with Crippen LogP contribution in [0.2, 0.25) is 5.02 Å². The minimum absolute atomic E-state index is 0.0373. The summed E-state index contributed by atoms with van der Waals surface area (Å²) in [5, 5.41) is 18.9. The van der Waals surface area contributed by atoms with Gasteiger partial charge in [0.2, 0.25) is 0 Å². The van der Waals surface area contributed by atoms with Crippen molar-refractivity contribution in [2.75, 3.05) is 10.9 Å². The molecule has 172 valence electrons. The molecular weight excluding hydrogens is 466 g/mol. The molecule has 3 aromatic carbocycles. The largest absolute Gasteiger partial charge is 0.506 e. The predicted molar refractivity (Wildman–Crippen MR) is 124 cm³/mol. The molecule has 0 bridgehead atoms. The molecule has 1 aliphatic rings. The zero-order chi connectivity index (χ0) is 23.6. The normalized spacial score (nSPS) is 15.5. The van der Waals surface area contributed by atoms with Crippen LogP contribution in [0.4, 0.5) is 5.69 Å². The molecule has 0 aliphatic heterocycles. The monoisotopic (exact) mass is 487 g/mol. The summed E-state index contributed by atoms with van der Waals surface area (Å²) in [5.74, 6) is -0.807. The van der Waals surface area contributed by atoms with E-state index in [1.165, 1.54) is 34.6 Å². The van der Waals surface area contributed by atoms with Gasteiger partial charge >= 0.3 is 5.97 Å². The molecule has 0 aromatic heterocycles. The minimum Gasteiger partial charge on any atom is -0.506 e. The number of aliphatic carboxylic acids is 1. The number of aromatic hydroxyl groups is 1. The Bertz CT molecular complexity index is 1280. The number of fused-ring (bicyclic) bond motifs is 1. The fourth-order valence-corrected chi connectivity index (χ4v) is 5.98. The van der Waals surface area contributed by atoms with E-state index in [1.807, 2.05) is 6.07 Å². The Hall–Kier alpha value is -3.23. The number of carboxylic acid groups (broad SMARTS) is 1. The van der Waals surface area contributed by atoms with Crippen molar-refractivity contribution in [1.29, 1.82) is 0 Å². The predicted octanol–water partition coefficient (Wildman–Crippen LogP) is 4.78. The topological polar surface area (TPSA) is 104 Å². The van der Waals surface area contributed by atoms with Gasteiger partial charge in [-0.2, -0.15) is 0 Å². The summed E-state index contributed by atoms with van der Waals surface area (Å²) in [4.78, 5) is 11.1. The minimum atomic E-state index is -4.01. The number of phenolic OH excluding ortho intramolecular Hbond substituents is 1. The molecule has 0 radical (unpaired) electrons. The highest BCUT2D eigenvalue weighted by Gasteiger charge is 2.36. The van der Waals surface area contributed by atoms with Gasteiger partial charge in [0.1, 0.15) is 11.5 Å². The maximum Gasteiger partial charge on any atom is 0.341 e. The summed E-state index contributed by atoms with van der Waals surface area (Å²) in [6.45, 7) is -0.485. The maximum atomic E-state index is 13.8. The molecule has 0 saturated carbocycles. The van der Waals surface area contributed by atoms with Crippen molar-refractivity contribution in [3.05, 3.63) is 82.9 Å². The van der Waals surface area contributed by atoms with Gasteiger partial charge in [-0.05, 0) is 66.8 Å². The maximum absolute atomic E-state index is 13.8. The smallest absolute Gasteiger partial charge is 0.341 e. The SMILES string of the molecule is O=C(O)COc1cccc2c1CCCC2N(c1ccc(O)c(Cl)c1)S(=O)(=O)c1ccccc1. The highest BCUT2D eigenvalue weighted by atomic mass is 35.5. The zero-order valence-electron chi connectivity index (χ0n) is 17.5. The van der Waals surface area contributed by atoms with Crippen LogP contribution in [0.15, 0.2) is 71.6 Å². The molecular formula is C24H22ClNO6S. The van der Waals surface area contributed by atoms with E-state index in [9.17, 15) is 18.3 Å². The number of hydrogen-bond donors (Lipinski definition) is 2. The lowest BCUT2D eigenvalue weighted by Gasteiger charge is -2.37. The first-order chi connectivity index (χ1) is 15.8. The lowest BCUT2D eigenvalue weighted by Crippen LogP contribution is -2.37. The van der Waals surface area contributed by atoms with E-state index in [2.05, 4.69) is 0 Å². The molecule has 1 unspecified atom stereocenters. The number of phenols is 1. The standard InChI is InChI=1S/C24H22ClNO6S/c25-20-14-16(12-13-22(20)27)26(33(30,31)17-6-2-1-3-7-17)21-10-4-9-19-18(21)8-5-11-23(19)32-15-24(28)29/h1-3,5-8,11-14,21,27H,4,9-10,15H2,(H,28,29). The number of nitrogens with zero attached hydrogens (tertiary/aromatic N) is 1. The molecule has 9 heteroatoms. The van der Waals surface area contributed by atoms with Crippen molar-refractivity contribution in [2.24, 2.45) is 0 Å². The van der Waals surface area contributed by atoms with Crippen LogP contribution in [0.5, 0.6) is 11.5 Å². The summed E-state index contributed by atoms with van der Waals surface area (Å²) < 4.78 is 34.5. The van der Waals surface area contributed by atoms with Crippen molar-refractivity contribution in [2.45, 2.75) is 30.2 Å². The van der Waals surface area contributed by atoms with E-state index in [1.54, 1.807) is 30.3 Å². The Kier molecular flexibility index (Phi) is 6.49. The van der Waals surface area contributed by atoms with Crippen LogP contribution in [-0.4, -0.2) is 31.2 Å². The van der Waals surface area contributed by atoms with Gasteiger partial charge in [-0.1, -0.05) is 41.9 Å². The van der Waals surface area contributed by atoms with E-state index in [0.717, 1.165) is 11.1 Å². The third kappa shape index (κ3) is 4.62. The molecule has 0 heterocycles. The Morgan fingerprint density at radius 2 is 1.85 bits per heavy atom. The fourth-order valence-electron chi connectivity index (χ4n) is 4.13. The van der Waals surface area contributed by atoms with Gasteiger partial charge in [-0.15, -0.1) is 0 Å². The Labute approximate surface area is 196 Å². The number of sulfonamides is 1. The summed E-state index contributed by atoms with van der Waals surface area (Å²) in [7, 11) is -4.01. The number of benzene rings is 3. The molecule has 0 saturated heterocycles. The molecule has 33 heavy (non-hydrogen) atoms. The van der Waals surface area contributed by atoms with Gasteiger partial charge in [0.25, 0.3) is 10.0 Å². The van der Waals surface area contributed by atoms with Gasteiger partial charge in [-0.3, -0.25) is 4.31 Å². The summed E-state index contributed by atoms with van der Waals surface area (Å²) in [6, 6.07) is 17.1. The molecule has 1 atom stereocenters. The lowest BCUT2D eigenvalue weighted by molar-refractivity contribution is -0.139. The van der Waals surface area contributed by atoms with Crippen molar-refractivity contribution >= 4 is 33.3 Å². The Morgan fingerprint density at radius 3 is 2.55 bits per heavy atom. The van der Waals surface area contributed by atoms with E-state index in [-0.39, 0.29) is 15.7 Å². The summed E-state index contributed by atoms with van der Waals surface area (Å²) in [6.07, 6.45) is 1.86. The van der Waals surface area contributed by atoms with Gasteiger partial charge in [-0.25, -0.2) is 13.2 Å². The van der Waals surface area contributed by atoms with Gasteiger partial charge in [0, 0.05) is 0 Å². The van der Waals surface area contributed by atoms with E-state index in [0.29, 0.717) is 30.7 Å². The third-order valence-electron chi connectivity index (χ3n) is 5.55. The highest BCUT2D eigenvalue weighted by Crippen LogP contribution is 2.44. The van der Waals surface area contributed by atoms with Gasteiger partial charge in [0.15, 0.2) is 6.61 Å². The summed E-state index contributed by atoms with van der Waals surface area (Å²) >= 11 is 6.14. The van der Waals surface area contributed by atoms with Crippen LogP contribution in [0.3, 0.4) is 0 Å². The molecule has 0 spiro atoms. The van der Waals surface area contributed by atoms with Crippen molar-refractivity contribution < 1.29 is 28.2 Å². The molecule has 4 rings (SSSR count). The van der Waals surface area contributed by atoms with Crippen molar-refractivity contribution in [1.82, 2.24) is 0 Å². The lowest BCUT2D eigenvalue weighted by atomic mass is 9.87. The third-order valence-corrected chi connectivity index (χ3v) is 7.71. The van der Waals surface area contributed by atoms with Crippen LogP contribution in [0.25, 0.3) is 0 Å². The van der Waals surface area contributed by atoms with Crippen molar-refractivity contribution in [3.63, 3.8) is 0 Å². The molecule has 2 N–H and O–H groups in total. The van der Waals surface area contributed by atoms with E-state index in [4.69, 9.17) is 21.4 Å². The summed E-state index contributed by atoms with van der Waals surface area (Å²) in [5.41, 5.74) is 1.84. The fraction of sp³-hybridized carbons (Fsp3) is 0.208. The van der Waals surface area contributed by atoms with Crippen LogP contribution >= 0.6 is 11.6 Å². The second-order valence-electron chi connectivity index (χ2n) is 7.66. The first-order valence-corrected chi connectivity index (χ1v) is 12.1. The average molecular weight is 488 g/mol. The molecule has 0 fully saturated rings.